The number of fused-ring (bicyclic) bond motifs is 1. The van der Waals surface area contributed by atoms with Crippen molar-refractivity contribution in [2.45, 2.75) is 19.4 Å². The van der Waals surface area contributed by atoms with E-state index < -0.39 is 0 Å². The Labute approximate surface area is 172 Å². The van der Waals surface area contributed by atoms with Gasteiger partial charge in [0.25, 0.3) is 0 Å². The van der Waals surface area contributed by atoms with Crippen LogP contribution in [0.5, 0.6) is 0 Å². The summed E-state index contributed by atoms with van der Waals surface area (Å²) in [5.41, 5.74) is 2.36. The summed E-state index contributed by atoms with van der Waals surface area (Å²) in [6.45, 7) is 11.3. The Balaban J connectivity index is 1.14. The van der Waals surface area contributed by atoms with Crippen molar-refractivity contribution < 1.29 is 9.53 Å². The van der Waals surface area contributed by atoms with Gasteiger partial charge in [-0.25, -0.2) is 9.97 Å². The van der Waals surface area contributed by atoms with Gasteiger partial charge in [0, 0.05) is 90.2 Å². The highest BCUT2D eigenvalue weighted by molar-refractivity contribution is 5.76. The summed E-state index contributed by atoms with van der Waals surface area (Å²) < 4.78 is 5.70. The summed E-state index contributed by atoms with van der Waals surface area (Å²) >= 11 is 0. The fourth-order valence-electron chi connectivity index (χ4n) is 4.08. The highest BCUT2D eigenvalue weighted by Crippen LogP contribution is 2.16. The average molecular weight is 404 g/mol. The second-order valence-electron chi connectivity index (χ2n) is 7.89. The molecule has 2 fully saturated rings. The molecule has 9 heteroatoms. The number of anilines is 1. The molecule has 0 aliphatic carbocycles. The molecule has 1 aromatic heterocycles. The molecule has 0 atom stereocenters. The molecule has 4 heterocycles. The van der Waals surface area contributed by atoms with E-state index in [4.69, 9.17) is 9.72 Å². The van der Waals surface area contributed by atoms with E-state index in [-0.39, 0.29) is 5.91 Å². The number of nitrogens with one attached hydrogen (secondary N) is 2. The lowest BCUT2D eigenvalue weighted by atomic mass is 10.1. The molecule has 4 rings (SSSR count). The zero-order valence-electron chi connectivity index (χ0n) is 17.2. The van der Waals surface area contributed by atoms with Crippen LogP contribution in [0.2, 0.25) is 0 Å². The minimum absolute atomic E-state index is 0.184. The summed E-state index contributed by atoms with van der Waals surface area (Å²) in [5, 5.41) is 6.69. The number of nitrogens with zero attached hydrogens (tertiary/aromatic N) is 5. The Kier molecular flexibility index (Phi) is 7.26. The number of carbonyl (C=O) groups is 1. The lowest BCUT2D eigenvalue weighted by Gasteiger charge is -2.35. The van der Waals surface area contributed by atoms with Crippen molar-refractivity contribution in [2.24, 2.45) is 0 Å². The SMILES string of the molecule is O=C(CCOCCN1CCNCC1)N1CCN(c2ncc3c(n2)CCNC3)CC1. The zero-order chi connectivity index (χ0) is 19.9. The maximum Gasteiger partial charge on any atom is 0.225 e. The Morgan fingerprint density at radius 1 is 1.03 bits per heavy atom. The first-order valence-electron chi connectivity index (χ1n) is 10.9. The third kappa shape index (κ3) is 5.63. The van der Waals surface area contributed by atoms with Gasteiger partial charge in [-0.3, -0.25) is 9.69 Å². The van der Waals surface area contributed by atoms with Crippen LogP contribution in [0.25, 0.3) is 0 Å². The topological polar surface area (TPSA) is 85.9 Å². The van der Waals surface area contributed by atoms with Gasteiger partial charge in [-0.2, -0.15) is 0 Å². The minimum atomic E-state index is 0.184. The van der Waals surface area contributed by atoms with Gasteiger partial charge in [-0.15, -0.1) is 0 Å². The maximum absolute atomic E-state index is 12.5. The molecule has 0 spiro atoms. The molecule has 0 aromatic carbocycles. The molecule has 160 valence electrons. The smallest absolute Gasteiger partial charge is 0.225 e. The summed E-state index contributed by atoms with van der Waals surface area (Å²) in [5.74, 6) is 0.984. The van der Waals surface area contributed by atoms with Crippen molar-refractivity contribution in [3.05, 3.63) is 17.5 Å². The molecule has 9 nitrogen and oxygen atoms in total. The summed E-state index contributed by atoms with van der Waals surface area (Å²) in [6, 6.07) is 0. The number of hydrogen-bond acceptors (Lipinski definition) is 8. The Morgan fingerprint density at radius 2 is 1.86 bits per heavy atom. The number of piperazine rings is 2. The van der Waals surface area contributed by atoms with Crippen LogP contribution in [-0.4, -0.2) is 104 Å². The van der Waals surface area contributed by atoms with Crippen molar-refractivity contribution >= 4 is 11.9 Å². The van der Waals surface area contributed by atoms with E-state index in [1.54, 1.807) is 0 Å². The highest BCUT2D eigenvalue weighted by atomic mass is 16.5. The minimum Gasteiger partial charge on any atom is -0.380 e. The fraction of sp³-hybridized carbons (Fsp3) is 0.750. The third-order valence-corrected chi connectivity index (χ3v) is 5.93. The first kappa shape index (κ1) is 20.5. The van der Waals surface area contributed by atoms with Gasteiger partial charge < -0.3 is 25.2 Å². The number of amides is 1. The van der Waals surface area contributed by atoms with Crippen LogP contribution >= 0.6 is 0 Å². The lowest BCUT2D eigenvalue weighted by molar-refractivity contribution is -0.132. The van der Waals surface area contributed by atoms with E-state index in [1.165, 1.54) is 5.56 Å². The third-order valence-electron chi connectivity index (χ3n) is 5.93. The van der Waals surface area contributed by atoms with Crippen LogP contribution < -0.4 is 15.5 Å². The van der Waals surface area contributed by atoms with Crippen LogP contribution in [0.4, 0.5) is 5.95 Å². The number of ether oxygens (including phenoxy) is 1. The van der Waals surface area contributed by atoms with E-state index in [1.807, 2.05) is 11.1 Å². The van der Waals surface area contributed by atoms with Crippen LogP contribution in [0, 0.1) is 0 Å². The molecule has 0 bridgehead atoms. The molecule has 2 saturated heterocycles. The standard InChI is InChI=1S/C20H33N7O2/c28-19(2-13-29-14-12-25-6-4-21-5-7-25)26-8-10-27(11-9-26)20-23-16-17-15-22-3-1-18(17)24-20/h16,21-22H,1-15H2. The van der Waals surface area contributed by atoms with Crippen LogP contribution in [0.3, 0.4) is 0 Å². The summed E-state index contributed by atoms with van der Waals surface area (Å²) in [7, 11) is 0. The molecule has 0 radical (unpaired) electrons. The molecule has 1 amide bonds. The van der Waals surface area contributed by atoms with Gasteiger partial charge in [-0.05, 0) is 0 Å². The first-order valence-corrected chi connectivity index (χ1v) is 10.9. The quantitative estimate of drug-likeness (QED) is 0.566. The Hall–Kier alpha value is -1.81. The number of aromatic nitrogens is 2. The molecule has 2 N–H and O–H groups in total. The van der Waals surface area contributed by atoms with Crippen molar-refractivity contribution in [3.8, 4) is 0 Å². The molecule has 0 saturated carbocycles. The van der Waals surface area contributed by atoms with E-state index in [0.717, 1.165) is 90.1 Å². The first-order chi connectivity index (χ1) is 14.3. The maximum atomic E-state index is 12.5. The predicted molar refractivity (Wildman–Crippen MR) is 111 cm³/mol. The van der Waals surface area contributed by atoms with Crippen LogP contribution in [-0.2, 0) is 22.5 Å². The Morgan fingerprint density at radius 3 is 2.69 bits per heavy atom. The summed E-state index contributed by atoms with van der Waals surface area (Å²) in [6.07, 6.45) is 3.36. The predicted octanol–water partition coefficient (Wildman–Crippen LogP) is -0.917. The van der Waals surface area contributed by atoms with Gasteiger partial charge in [0.2, 0.25) is 11.9 Å². The van der Waals surface area contributed by atoms with Crippen molar-refractivity contribution in [2.75, 3.05) is 83.6 Å². The molecule has 3 aliphatic heterocycles. The zero-order valence-corrected chi connectivity index (χ0v) is 17.2. The second kappa shape index (κ2) is 10.3. The molecular weight excluding hydrogens is 370 g/mol. The van der Waals surface area contributed by atoms with Crippen LogP contribution in [0.15, 0.2) is 6.20 Å². The van der Waals surface area contributed by atoms with E-state index >= 15 is 0 Å². The largest absolute Gasteiger partial charge is 0.380 e. The van der Waals surface area contributed by atoms with E-state index in [2.05, 4.69) is 25.4 Å². The van der Waals surface area contributed by atoms with Crippen molar-refractivity contribution in [1.82, 2.24) is 30.4 Å². The van der Waals surface area contributed by atoms with Gasteiger partial charge in [0.05, 0.1) is 25.3 Å². The Bertz CT molecular complexity index is 673. The number of hydrogen-bond donors (Lipinski definition) is 2. The normalized spacial score (nSPS) is 20.6. The van der Waals surface area contributed by atoms with E-state index in [0.29, 0.717) is 19.6 Å². The molecule has 3 aliphatic rings. The summed E-state index contributed by atoms with van der Waals surface area (Å²) in [4.78, 5) is 28.3. The van der Waals surface area contributed by atoms with Crippen LogP contribution in [0.1, 0.15) is 17.7 Å². The fourth-order valence-corrected chi connectivity index (χ4v) is 4.08. The van der Waals surface area contributed by atoms with Gasteiger partial charge in [0.1, 0.15) is 0 Å². The monoisotopic (exact) mass is 403 g/mol. The molecule has 1 aromatic rings. The lowest BCUT2D eigenvalue weighted by Crippen LogP contribution is -2.49. The molecule has 29 heavy (non-hydrogen) atoms. The van der Waals surface area contributed by atoms with Crippen molar-refractivity contribution in [1.29, 1.82) is 0 Å². The van der Waals surface area contributed by atoms with Gasteiger partial charge in [0.15, 0.2) is 0 Å². The highest BCUT2D eigenvalue weighted by Gasteiger charge is 2.23. The van der Waals surface area contributed by atoms with Gasteiger partial charge >= 0.3 is 0 Å². The molecular formula is C20H33N7O2. The number of rotatable bonds is 7. The molecule has 0 unspecified atom stereocenters. The van der Waals surface area contributed by atoms with Crippen molar-refractivity contribution in [3.63, 3.8) is 0 Å². The number of carbonyl (C=O) groups excluding carboxylic acids is 1. The van der Waals surface area contributed by atoms with Gasteiger partial charge in [-0.1, -0.05) is 0 Å². The average Bonchev–Trinajstić information content (AvgIpc) is 2.79. The second-order valence-corrected chi connectivity index (χ2v) is 7.89. The van der Waals surface area contributed by atoms with E-state index in [9.17, 15) is 4.79 Å².